The predicted octanol–water partition coefficient (Wildman–Crippen LogP) is 5.00. The summed E-state index contributed by atoms with van der Waals surface area (Å²) in [5.41, 5.74) is 2.57. The van der Waals surface area contributed by atoms with E-state index in [1.165, 1.54) is 0 Å². The second kappa shape index (κ2) is 8.82. The van der Waals surface area contributed by atoms with Gasteiger partial charge < -0.3 is 5.32 Å². The number of aromatic nitrogens is 2. The molecule has 0 aliphatic carbocycles. The van der Waals surface area contributed by atoms with Crippen LogP contribution in [-0.2, 0) is 11.2 Å². The Morgan fingerprint density at radius 1 is 1.20 bits per heavy atom. The van der Waals surface area contributed by atoms with Crippen molar-refractivity contribution in [2.75, 3.05) is 0 Å². The van der Waals surface area contributed by atoms with Gasteiger partial charge in [-0.2, -0.15) is 10.4 Å². The van der Waals surface area contributed by atoms with Crippen molar-refractivity contribution < 1.29 is 13.6 Å². The summed E-state index contributed by atoms with van der Waals surface area (Å²) in [6.45, 7) is 3.55. The summed E-state index contributed by atoms with van der Waals surface area (Å²) < 4.78 is 28.7. The first kappa shape index (κ1) is 21.8. The van der Waals surface area contributed by atoms with E-state index in [-0.39, 0.29) is 12.0 Å². The van der Waals surface area contributed by atoms with Gasteiger partial charge in [0.2, 0.25) is 5.91 Å². The van der Waals surface area contributed by atoms with Gasteiger partial charge in [-0.15, -0.1) is 0 Å². The number of nitrogens with one attached hydrogen (secondary N) is 1. The Morgan fingerprint density at radius 2 is 1.93 bits per heavy atom. The molecule has 154 valence electrons. The van der Waals surface area contributed by atoms with Gasteiger partial charge in [-0.1, -0.05) is 29.3 Å². The molecule has 5 nitrogen and oxygen atoms in total. The molecular weight excluding hydrogens is 433 g/mol. The average molecular weight is 449 g/mol. The highest BCUT2D eigenvalue weighted by Crippen LogP contribution is 2.26. The molecule has 9 heteroatoms. The van der Waals surface area contributed by atoms with Crippen LogP contribution < -0.4 is 5.32 Å². The van der Waals surface area contributed by atoms with Crippen molar-refractivity contribution >= 4 is 29.1 Å². The van der Waals surface area contributed by atoms with Crippen molar-refractivity contribution in [1.29, 1.82) is 5.26 Å². The van der Waals surface area contributed by atoms with Crippen molar-refractivity contribution in [1.82, 2.24) is 15.1 Å². The van der Waals surface area contributed by atoms with Crippen molar-refractivity contribution in [3.05, 3.63) is 80.6 Å². The van der Waals surface area contributed by atoms with Gasteiger partial charge in [0.15, 0.2) is 0 Å². The lowest BCUT2D eigenvalue weighted by Crippen LogP contribution is -2.30. The van der Waals surface area contributed by atoms with Crippen molar-refractivity contribution in [2.45, 2.75) is 26.3 Å². The van der Waals surface area contributed by atoms with Gasteiger partial charge >= 0.3 is 0 Å². The Hall–Kier alpha value is -2.95. The van der Waals surface area contributed by atoms with E-state index in [1.807, 2.05) is 6.07 Å². The van der Waals surface area contributed by atoms with E-state index in [1.54, 1.807) is 36.7 Å². The van der Waals surface area contributed by atoms with Gasteiger partial charge in [-0.05, 0) is 38.1 Å². The summed E-state index contributed by atoms with van der Waals surface area (Å²) in [4.78, 5) is 12.5. The number of nitriles is 1. The van der Waals surface area contributed by atoms with Gasteiger partial charge in [0.1, 0.15) is 17.7 Å². The minimum Gasteiger partial charge on any atom is -0.336 e. The molecule has 0 fully saturated rings. The SMILES string of the molecule is Cc1nn(-c2ccc(Cl)c(Cl)c2)c(C)c1CC(=O)NC(C#N)c1ccc(F)cc1F. The molecule has 1 N–H and O–H groups in total. The maximum Gasteiger partial charge on any atom is 0.225 e. The van der Waals surface area contributed by atoms with E-state index in [0.717, 1.165) is 12.1 Å². The van der Waals surface area contributed by atoms with Gasteiger partial charge in [-0.3, -0.25) is 4.79 Å². The average Bonchev–Trinajstić information content (AvgIpc) is 2.97. The molecule has 0 bridgehead atoms. The molecule has 3 aromatic rings. The van der Waals surface area contributed by atoms with Gasteiger partial charge in [0.25, 0.3) is 0 Å². The number of benzene rings is 2. The highest BCUT2D eigenvalue weighted by Gasteiger charge is 2.21. The summed E-state index contributed by atoms with van der Waals surface area (Å²) in [6.07, 6.45) is -0.0695. The van der Waals surface area contributed by atoms with E-state index >= 15 is 0 Å². The topological polar surface area (TPSA) is 70.7 Å². The molecule has 2 aromatic carbocycles. The monoisotopic (exact) mass is 448 g/mol. The Labute approximate surface area is 181 Å². The number of hydrogen-bond acceptors (Lipinski definition) is 3. The second-order valence-corrected chi connectivity index (χ2v) is 7.45. The van der Waals surface area contributed by atoms with E-state index < -0.39 is 23.6 Å². The Kier molecular flexibility index (Phi) is 6.40. The van der Waals surface area contributed by atoms with Crippen LogP contribution >= 0.6 is 23.2 Å². The first-order valence-corrected chi connectivity index (χ1v) is 9.61. The first-order valence-electron chi connectivity index (χ1n) is 8.85. The third kappa shape index (κ3) is 4.45. The zero-order valence-electron chi connectivity index (χ0n) is 16.0. The molecular formula is C21H16Cl2F2N4O. The fraction of sp³-hybridized carbons (Fsp3) is 0.190. The standard InChI is InChI=1S/C21H16Cl2F2N4O/c1-11-16(12(2)29(28-11)14-4-6-17(22)18(23)8-14)9-21(30)27-20(10-26)15-5-3-13(24)7-19(15)25/h3-8,20H,9H2,1-2H3,(H,27,30). The van der Waals surface area contributed by atoms with E-state index in [4.69, 9.17) is 23.2 Å². The van der Waals surface area contributed by atoms with Crippen LogP contribution in [0.25, 0.3) is 5.69 Å². The number of hydrogen-bond donors (Lipinski definition) is 1. The molecule has 0 aliphatic rings. The van der Waals surface area contributed by atoms with E-state index in [0.29, 0.717) is 38.8 Å². The normalized spacial score (nSPS) is 11.8. The summed E-state index contributed by atoms with van der Waals surface area (Å²) in [7, 11) is 0. The molecule has 1 atom stereocenters. The highest BCUT2D eigenvalue weighted by atomic mass is 35.5. The molecule has 0 saturated heterocycles. The van der Waals surface area contributed by atoms with E-state index in [9.17, 15) is 18.8 Å². The Bertz CT molecular complexity index is 1170. The minimum absolute atomic E-state index is 0.0695. The number of aryl methyl sites for hydroxylation is 1. The molecule has 30 heavy (non-hydrogen) atoms. The van der Waals surface area contributed by atoms with Crippen LogP contribution in [0, 0.1) is 36.8 Å². The first-order chi connectivity index (χ1) is 14.2. The molecule has 1 amide bonds. The summed E-state index contributed by atoms with van der Waals surface area (Å²) >= 11 is 12.0. The van der Waals surface area contributed by atoms with Gasteiger partial charge in [0, 0.05) is 22.9 Å². The van der Waals surface area contributed by atoms with Crippen LogP contribution in [0.3, 0.4) is 0 Å². The number of halogens is 4. The number of nitrogens with zero attached hydrogens (tertiary/aromatic N) is 3. The van der Waals surface area contributed by atoms with Crippen molar-refractivity contribution in [2.24, 2.45) is 0 Å². The second-order valence-electron chi connectivity index (χ2n) is 6.63. The van der Waals surface area contributed by atoms with Gasteiger partial charge in [-0.25, -0.2) is 13.5 Å². The fourth-order valence-corrected chi connectivity index (χ4v) is 3.38. The summed E-state index contributed by atoms with van der Waals surface area (Å²) in [5.74, 6) is -2.16. The quantitative estimate of drug-likeness (QED) is 0.596. The zero-order chi connectivity index (χ0) is 22.0. The molecule has 0 aliphatic heterocycles. The molecule has 0 saturated carbocycles. The van der Waals surface area contributed by atoms with Crippen LogP contribution in [0.5, 0.6) is 0 Å². The van der Waals surface area contributed by atoms with Crippen LogP contribution in [0.15, 0.2) is 36.4 Å². The number of amides is 1. The molecule has 1 unspecified atom stereocenters. The fourth-order valence-electron chi connectivity index (χ4n) is 3.09. The smallest absolute Gasteiger partial charge is 0.225 e. The molecule has 0 spiro atoms. The van der Waals surface area contributed by atoms with Crippen LogP contribution in [-0.4, -0.2) is 15.7 Å². The van der Waals surface area contributed by atoms with Crippen molar-refractivity contribution in [3.63, 3.8) is 0 Å². The third-order valence-electron chi connectivity index (χ3n) is 4.63. The molecule has 3 rings (SSSR count). The highest BCUT2D eigenvalue weighted by molar-refractivity contribution is 6.42. The minimum atomic E-state index is -1.25. The van der Waals surface area contributed by atoms with Crippen molar-refractivity contribution in [3.8, 4) is 11.8 Å². The summed E-state index contributed by atoms with van der Waals surface area (Å²) in [6, 6.07) is 8.48. The Balaban J connectivity index is 1.82. The zero-order valence-corrected chi connectivity index (χ0v) is 17.5. The molecule has 1 heterocycles. The maximum atomic E-state index is 14.0. The lowest BCUT2D eigenvalue weighted by molar-refractivity contribution is -0.120. The number of carbonyl (C=O) groups excluding carboxylic acids is 1. The maximum absolute atomic E-state index is 14.0. The van der Waals surface area contributed by atoms with Crippen LogP contribution in [0.4, 0.5) is 8.78 Å². The number of rotatable bonds is 5. The van der Waals surface area contributed by atoms with Crippen LogP contribution in [0.1, 0.15) is 28.6 Å². The lowest BCUT2D eigenvalue weighted by atomic mass is 10.1. The largest absolute Gasteiger partial charge is 0.336 e. The third-order valence-corrected chi connectivity index (χ3v) is 5.37. The van der Waals surface area contributed by atoms with E-state index in [2.05, 4.69) is 10.4 Å². The Morgan fingerprint density at radius 3 is 2.57 bits per heavy atom. The van der Waals surface area contributed by atoms with Crippen LogP contribution in [0.2, 0.25) is 10.0 Å². The lowest BCUT2D eigenvalue weighted by Gasteiger charge is -2.13. The number of carbonyl (C=O) groups is 1. The predicted molar refractivity (Wildman–Crippen MR) is 110 cm³/mol. The summed E-state index contributed by atoms with van der Waals surface area (Å²) in [5, 5.41) is 17.0. The molecule has 0 radical (unpaired) electrons. The van der Waals surface area contributed by atoms with Gasteiger partial charge in [0.05, 0.1) is 33.9 Å². The molecule has 1 aromatic heterocycles.